The Morgan fingerprint density at radius 2 is 1.83 bits per heavy atom. The van der Waals surface area contributed by atoms with Gasteiger partial charge in [0.1, 0.15) is 21.2 Å². The van der Waals surface area contributed by atoms with Gasteiger partial charge in [-0.25, -0.2) is 4.98 Å². The molecule has 4 rings (SSSR count). The first-order valence-electron chi connectivity index (χ1n) is 8.98. The second-order valence-electron chi connectivity index (χ2n) is 6.43. The first kappa shape index (κ1) is 20.0. The van der Waals surface area contributed by atoms with Crippen LogP contribution in [0.4, 0.5) is 11.4 Å². The third-order valence-electron chi connectivity index (χ3n) is 4.59. The molecule has 0 aliphatic rings. The highest BCUT2D eigenvalue weighted by Gasteiger charge is 2.19. The van der Waals surface area contributed by atoms with E-state index in [1.165, 1.54) is 11.3 Å². The summed E-state index contributed by atoms with van der Waals surface area (Å²) in [5.74, 6) is 0.979. The van der Waals surface area contributed by atoms with Crippen molar-refractivity contribution >= 4 is 50.4 Å². The van der Waals surface area contributed by atoms with Crippen LogP contribution in [-0.2, 0) is 0 Å². The Morgan fingerprint density at radius 3 is 2.60 bits per heavy atom. The molecule has 0 unspecified atom stereocenters. The fraction of sp³-hybridized carbons (Fsp3) is 0.0909. The number of nitrogen functional groups attached to an aromatic ring is 1. The van der Waals surface area contributed by atoms with Crippen molar-refractivity contribution in [2.45, 2.75) is 0 Å². The minimum Gasteiger partial charge on any atom is -0.497 e. The van der Waals surface area contributed by atoms with Gasteiger partial charge in [-0.2, -0.15) is 0 Å². The van der Waals surface area contributed by atoms with Crippen LogP contribution < -0.4 is 20.5 Å². The van der Waals surface area contributed by atoms with E-state index in [0.717, 1.165) is 22.4 Å². The second-order valence-corrected chi connectivity index (χ2v) is 7.83. The molecule has 0 saturated heterocycles. The van der Waals surface area contributed by atoms with Crippen LogP contribution in [0.15, 0.2) is 54.6 Å². The molecule has 0 aliphatic heterocycles. The number of aromatic nitrogens is 1. The van der Waals surface area contributed by atoms with E-state index in [4.69, 9.17) is 31.8 Å². The predicted octanol–water partition coefficient (Wildman–Crippen LogP) is 5.47. The third kappa shape index (κ3) is 3.77. The van der Waals surface area contributed by atoms with Crippen LogP contribution in [0.25, 0.3) is 21.5 Å². The summed E-state index contributed by atoms with van der Waals surface area (Å²) in [6, 6.07) is 16.4. The standard InChI is InChI=1S/C22H18ClN3O3S/c1-28-13-5-3-4-12(10-13)17-9-7-15-19(24)20(30-22(15)26-17)21(27)25-18-11-14(29-2)6-8-16(18)23/h3-11H,24H2,1-2H3,(H,25,27). The molecular weight excluding hydrogens is 422 g/mol. The number of benzene rings is 2. The Morgan fingerprint density at radius 1 is 1.07 bits per heavy atom. The van der Waals surface area contributed by atoms with E-state index in [1.54, 1.807) is 32.4 Å². The molecule has 152 valence electrons. The number of halogens is 1. The number of nitrogens with two attached hydrogens (primary N) is 1. The van der Waals surface area contributed by atoms with Crippen molar-refractivity contribution in [3.8, 4) is 22.8 Å². The molecule has 8 heteroatoms. The molecule has 6 nitrogen and oxygen atoms in total. The molecule has 1 amide bonds. The van der Waals surface area contributed by atoms with Crippen LogP contribution in [0.5, 0.6) is 11.5 Å². The number of hydrogen-bond acceptors (Lipinski definition) is 6. The fourth-order valence-corrected chi connectivity index (χ4v) is 4.17. The van der Waals surface area contributed by atoms with Crippen molar-refractivity contribution in [3.05, 3.63) is 64.5 Å². The van der Waals surface area contributed by atoms with Gasteiger partial charge in [-0.15, -0.1) is 11.3 Å². The van der Waals surface area contributed by atoms with E-state index >= 15 is 0 Å². The molecule has 0 bridgehead atoms. The summed E-state index contributed by atoms with van der Waals surface area (Å²) >= 11 is 7.43. The van der Waals surface area contributed by atoms with Crippen molar-refractivity contribution in [2.24, 2.45) is 0 Å². The number of carbonyl (C=O) groups excluding carboxylic acids is 1. The predicted molar refractivity (Wildman–Crippen MR) is 122 cm³/mol. The lowest BCUT2D eigenvalue weighted by atomic mass is 10.1. The fourth-order valence-electron chi connectivity index (χ4n) is 3.02. The first-order valence-corrected chi connectivity index (χ1v) is 10.2. The van der Waals surface area contributed by atoms with Crippen molar-refractivity contribution in [2.75, 3.05) is 25.3 Å². The number of fused-ring (bicyclic) bond motifs is 1. The van der Waals surface area contributed by atoms with Crippen molar-refractivity contribution in [1.82, 2.24) is 4.98 Å². The monoisotopic (exact) mass is 439 g/mol. The average molecular weight is 440 g/mol. The van der Waals surface area contributed by atoms with Crippen LogP contribution in [0, 0.1) is 0 Å². The number of amides is 1. The zero-order valence-corrected chi connectivity index (χ0v) is 17.8. The molecule has 2 heterocycles. The van der Waals surface area contributed by atoms with E-state index in [0.29, 0.717) is 31.9 Å². The van der Waals surface area contributed by atoms with E-state index in [1.807, 2.05) is 36.4 Å². The highest BCUT2D eigenvalue weighted by molar-refractivity contribution is 7.21. The summed E-state index contributed by atoms with van der Waals surface area (Å²) in [5.41, 5.74) is 8.77. The van der Waals surface area contributed by atoms with Gasteiger partial charge in [0.25, 0.3) is 5.91 Å². The Hall–Kier alpha value is -3.29. The maximum atomic E-state index is 12.9. The molecule has 0 atom stereocenters. The van der Waals surface area contributed by atoms with Gasteiger partial charge in [0.15, 0.2) is 0 Å². The van der Waals surface area contributed by atoms with Crippen LogP contribution in [0.1, 0.15) is 9.67 Å². The average Bonchev–Trinajstić information content (AvgIpc) is 3.11. The van der Waals surface area contributed by atoms with Crippen LogP contribution in [-0.4, -0.2) is 25.1 Å². The van der Waals surface area contributed by atoms with Crippen molar-refractivity contribution in [1.29, 1.82) is 0 Å². The molecule has 0 fully saturated rings. The summed E-state index contributed by atoms with van der Waals surface area (Å²) in [6.45, 7) is 0. The molecule has 3 N–H and O–H groups in total. The zero-order valence-electron chi connectivity index (χ0n) is 16.2. The lowest BCUT2D eigenvalue weighted by molar-refractivity contribution is 0.103. The Balaban J connectivity index is 1.68. The molecule has 2 aromatic carbocycles. The quantitative estimate of drug-likeness (QED) is 0.430. The van der Waals surface area contributed by atoms with Gasteiger partial charge in [0.05, 0.1) is 36.3 Å². The molecule has 2 aromatic heterocycles. The summed E-state index contributed by atoms with van der Waals surface area (Å²) in [6.07, 6.45) is 0. The third-order valence-corrected chi connectivity index (χ3v) is 6.03. The first-order chi connectivity index (χ1) is 14.5. The molecule has 0 spiro atoms. The Labute approximate surface area is 182 Å². The van der Waals surface area contributed by atoms with Gasteiger partial charge in [-0.05, 0) is 36.4 Å². The minimum atomic E-state index is -0.353. The van der Waals surface area contributed by atoms with E-state index in [9.17, 15) is 4.79 Å². The number of nitrogens with zero attached hydrogens (tertiary/aromatic N) is 1. The van der Waals surface area contributed by atoms with Gasteiger partial charge in [0.2, 0.25) is 0 Å². The maximum absolute atomic E-state index is 12.9. The van der Waals surface area contributed by atoms with Gasteiger partial charge in [0, 0.05) is 17.0 Å². The maximum Gasteiger partial charge on any atom is 0.267 e. The number of thiophene rings is 1. The topological polar surface area (TPSA) is 86.5 Å². The zero-order chi connectivity index (χ0) is 21.3. The normalized spacial score (nSPS) is 10.8. The Bertz CT molecular complexity index is 1260. The SMILES string of the molecule is COc1cccc(-c2ccc3c(N)c(C(=O)Nc4cc(OC)ccc4Cl)sc3n2)c1. The van der Waals surface area contributed by atoms with Crippen molar-refractivity contribution in [3.63, 3.8) is 0 Å². The Kier molecular flexibility index (Phi) is 5.48. The molecule has 4 aromatic rings. The lowest BCUT2D eigenvalue weighted by Gasteiger charge is -2.08. The summed E-state index contributed by atoms with van der Waals surface area (Å²) in [4.78, 5) is 18.6. The number of ether oxygens (including phenoxy) is 2. The highest BCUT2D eigenvalue weighted by atomic mass is 35.5. The number of rotatable bonds is 5. The van der Waals surface area contributed by atoms with Gasteiger partial charge >= 0.3 is 0 Å². The largest absolute Gasteiger partial charge is 0.497 e. The molecule has 0 radical (unpaired) electrons. The molecular formula is C22H18ClN3O3S. The number of anilines is 2. The summed E-state index contributed by atoms with van der Waals surface area (Å²) < 4.78 is 10.5. The van der Waals surface area contributed by atoms with Crippen molar-refractivity contribution < 1.29 is 14.3 Å². The smallest absolute Gasteiger partial charge is 0.267 e. The number of hydrogen-bond donors (Lipinski definition) is 2. The molecule has 0 saturated carbocycles. The number of methoxy groups -OCH3 is 2. The summed E-state index contributed by atoms with van der Waals surface area (Å²) in [5, 5.41) is 3.93. The van der Waals surface area contributed by atoms with Crippen LogP contribution in [0.3, 0.4) is 0 Å². The van der Waals surface area contributed by atoms with E-state index < -0.39 is 0 Å². The summed E-state index contributed by atoms with van der Waals surface area (Å²) in [7, 11) is 3.17. The van der Waals surface area contributed by atoms with Gasteiger partial charge in [-0.1, -0.05) is 23.7 Å². The number of nitrogens with one attached hydrogen (secondary N) is 1. The molecule has 0 aliphatic carbocycles. The number of carbonyl (C=O) groups is 1. The molecule has 30 heavy (non-hydrogen) atoms. The van der Waals surface area contributed by atoms with Gasteiger partial charge < -0.3 is 20.5 Å². The van der Waals surface area contributed by atoms with Crippen LogP contribution in [0.2, 0.25) is 5.02 Å². The number of pyridine rings is 1. The highest BCUT2D eigenvalue weighted by Crippen LogP contribution is 2.36. The second kappa shape index (κ2) is 8.22. The van der Waals surface area contributed by atoms with E-state index in [2.05, 4.69) is 5.32 Å². The van der Waals surface area contributed by atoms with E-state index in [-0.39, 0.29) is 5.91 Å². The van der Waals surface area contributed by atoms with Crippen LogP contribution >= 0.6 is 22.9 Å². The lowest BCUT2D eigenvalue weighted by Crippen LogP contribution is -2.12. The van der Waals surface area contributed by atoms with Gasteiger partial charge in [-0.3, -0.25) is 4.79 Å². The minimum absolute atomic E-state index is 0.353.